The number of benzene rings is 1. The molecule has 2 heterocycles. The van der Waals surface area contributed by atoms with Gasteiger partial charge in [-0.2, -0.15) is 4.98 Å². The van der Waals surface area contributed by atoms with E-state index in [0.717, 1.165) is 37.6 Å². The number of methoxy groups -OCH3 is 1. The van der Waals surface area contributed by atoms with E-state index >= 15 is 0 Å². The van der Waals surface area contributed by atoms with Crippen LogP contribution >= 0.6 is 0 Å². The Labute approximate surface area is 142 Å². The SMILES string of the molecule is COc1ccc(-c2nc(CN3CCOC(CN(C)C)C3)no2)cc1. The lowest BCUT2D eigenvalue weighted by molar-refractivity contribution is -0.0414. The molecule has 0 bridgehead atoms. The molecule has 1 aromatic carbocycles. The monoisotopic (exact) mass is 332 g/mol. The number of nitrogens with zero attached hydrogens (tertiary/aromatic N) is 4. The second kappa shape index (κ2) is 7.74. The summed E-state index contributed by atoms with van der Waals surface area (Å²) in [5.41, 5.74) is 0.891. The van der Waals surface area contributed by atoms with E-state index in [0.29, 0.717) is 18.3 Å². The molecule has 7 nitrogen and oxygen atoms in total. The predicted molar refractivity (Wildman–Crippen MR) is 89.9 cm³/mol. The van der Waals surface area contributed by atoms with Crippen molar-refractivity contribution >= 4 is 0 Å². The lowest BCUT2D eigenvalue weighted by Gasteiger charge is -2.33. The average molecular weight is 332 g/mol. The van der Waals surface area contributed by atoms with Gasteiger partial charge in [0, 0.05) is 25.2 Å². The number of aromatic nitrogens is 2. The first-order chi connectivity index (χ1) is 11.6. The highest BCUT2D eigenvalue weighted by molar-refractivity contribution is 5.54. The van der Waals surface area contributed by atoms with Crippen LogP contribution in [0, 0.1) is 0 Å². The van der Waals surface area contributed by atoms with Crippen molar-refractivity contribution < 1.29 is 14.0 Å². The second-order valence-corrected chi connectivity index (χ2v) is 6.23. The van der Waals surface area contributed by atoms with Crippen LogP contribution in [0.1, 0.15) is 5.82 Å². The Balaban J connectivity index is 1.61. The lowest BCUT2D eigenvalue weighted by atomic mass is 10.2. The van der Waals surface area contributed by atoms with Crippen molar-refractivity contribution in [3.63, 3.8) is 0 Å². The van der Waals surface area contributed by atoms with Crippen LogP contribution in [-0.2, 0) is 11.3 Å². The fourth-order valence-electron chi connectivity index (χ4n) is 2.81. The first-order valence-electron chi connectivity index (χ1n) is 8.10. The smallest absolute Gasteiger partial charge is 0.257 e. The van der Waals surface area contributed by atoms with Gasteiger partial charge in [-0.3, -0.25) is 4.90 Å². The molecule has 1 aliphatic heterocycles. The highest BCUT2D eigenvalue weighted by Crippen LogP contribution is 2.21. The third kappa shape index (κ3) is 4.31. The first-order valence-corrected chi connectivity index (χ1v) is 8.10. The van der Waals surface area contributed by atoms with Crippen LogP contribution in [0.15, 0.2) is 28.8 Å². The van der Waals surface area contributed by atoms with Crippen molar-refractivity contribution in [1.82, 2.24) is 19.9 Å². The molecular weight excluding hydrogens is 308 g/mol. The van der Waals surface area contributed by atoms with Gasteiger partial charge in [-0.15, -0.1) is 0 Å². The van der Waals surface area contributed by atoms with Gasteiger partial charge in [0.1, 0.15) is 5.75 Å². The number of morpholine rings is 1. The Kier molecular flexibility index (Phi) is 5.44. The van der Waals surface area contributed by atoms with E-state index in [1.54, 1.807) is 7.11 Å². The van der Waals surface area contributed by atoms with E-state index in [1.165, 1.54) is 0 Å². The van der Waals surface area contributed by atoms with Crippen molar-refractivity contribution in [2.75, 3.05) is 47.4 Å². The Bertz CT molecular complexity index is 642. The predicted octanol–water partition coefficient (Wildman–Crippen LogP) is 1.51. The highest BCUT2D eigenvalue weighted by atomic mass is 16.5. The van der Waals surface area contributed by atoms with E-state index in [-0.39, 0.29) is 6.10 Å². The zero-order valence-electron chi connectivity index (χ0n) is 14.4. The summed E-state index contributed by atoms with van der Waals surface area (Å²) in [6.45, 7) is 4.09. The summed E-state index contributed by atoms with van der Waals surface area (Å²) in [7, 11) is 5.76. The molecule has 130 valence electrons. The molecule has 1 atom stereocenters. The minimum Gasteiger partial charge on any atom is -0.497 e. The highest BCUT2D eigenvalue weighted by Gasteiger charge is 2.22. The number of hydrogen-bond acceptors (Lipinski definition) is 7. The van der Waals surface area contributed by atoms with E-state index in [2.05, 4.69) is 34.0 Å². The average Bonchev–Trinajstić information content (AvgIpc) is 3.03. The zero-order chi connectivity index (χ0) is 16.9. The molecule has 0 amide bonds. The van der Waals surface area contributed by atoms with Gasteiger partial charge in [0.05, 0.1) is 26.4 Å². The van der Waals surface area contributed by atoms with Crippen LogP contribution < -0.4 is 4.74 Å². The summed E-state index contributed by atoms with van der Waals surface area (Å²) >= 11 is 0. The van der Waals surface area contributed by atoms with Gasteiger partial charge in [-0.25, -0.2) is 0 Å². The summed E-state index contributed by atoms with van der Waals surface area (Å²) < 4.78 is 16.3. The van der Waals surface area contributed by atoms with E-state index in [9.17, 15) is 0 Å². The summed E-state index contributed by atoms with van der Waals surface area (Å²) in [5, 5.41) is 4.10. The summed E-state index contributed by atoms with van der Waals surface area (Å²) in [4.78, 5) is 8.95. The molecule has 0 radical (unpaired) electrons. The molecule has 7 heteroatoms. The van der Waals surface area contributed by atoms with Crippen molar-refractivity contribution in [3.8, 4) is 17.2 Å². The van der Waals surface area contributed by atoms with Crippen molar-refractivity contribution in [2.24, 2.45) is 0 Å². The minimum atomic E-state index is 0.224. The number of ether oxygens (including phenoxy) is 2. The van der Waals surface area contributed by atoms with Crippen LogP contribution in [0.4, 0.5) is 0 Å². The molecule has 1 saturated heterocycles. The molecule has 1 unspecified atom stereocenters. The Morgan fingerprint density at radius 2 is 2.08 bits per heavy atom. The van der Waals surface area contributed by atoms with Gasteiger partial charge in [-0.05, 0) is 38.4 Å². The maximum absolute atomic E-state index is 5.79. The molecule has 0 spiro atoms. The molecule has 1 aliphatic rings. The van der Waals surface area contributed by atoms with Crippen LogP contribution in [0.5, 0.6) is 5.75 Å². The number of rotatable bonds is 6. The van der Waals surface area contributed by atoms with Crippen molar-refractivity contribution in [1.29, 1.82) is 0 Å². The normalized spacial score (nSPS) is 18.9. The fourth-order valence-corrected chi connectivity index (χ4v) is 2.81. The third-order valence-electron chi connectivity index (χ3n) is 3.96. The molecule has 24 heavy (non-hydrogen) atoms. The van der Waals surface area contributed by atoms with Crippen LogP contribution in [0.2, 0.25) is 0 Å². The first kappa shape index (κ1) is 16.9. The number of likely N-dealkylation sites (N-methyl/N-ethyl adjacent to an activating group) is 1. The zero-order valence-corrected chi connectivity index (χ0v) is 14.4. The number of hydrogen-bond donors (Lipinski definition) is 0. The van der Waals surface area contributed by atoms with Gasteiger partial charge < -0.3 is 18.9 Å². The summed E-state index contributed by atoms with van der Waals surface area (Å²) in [6.07, 6.45) is 0.224. The van der Waals surface area contributed by atoms with Gasteiger partial charge >= 0.3 is 0 Å². The van der Waals surface area contributed by atoms with Gasteiger partial charge in [0.15, 0.2) is 5.82 Å². The maximum Gasteiger partial charge on any atom is 0.257 e. The van der Waals surface area contributed by atoms with Crippen LogP contribution in [0.3, 0.4) is 0 Å². The van der Waals surface area contributed by atoms with Gasteiger partial charge in [0.2, 0.25) is 0 Å². The quantitative estimate of drug-likeness (QED) is 0.794. The van der Waals surface area contributed by atoms with E-state index < -0.39 is 0 Å². The van der Waals surface area contributed by atoms with Gasteiger partial charge in [0.25, 0.3) is 5.89 Å². The van der Waals surface area contributed by atoms with E-state index in [4.69, 9.17) is 14.0 Å². The molecule has 1 fully saturated rings. The molecule has 2 aromatic rings. The standard InChI is InChI=1S/C17H24N4O3/c1-20(2)10-15-11-21(8-9-23-15)12-16-18-17(24-19-16)13-4-6-14(22-3)7-5-13/h4-7,15H,8-12H2,1-3H3. The Morgan fingerprint density at radius 3 is 2.79 bits per heavy atom. The summed E-state index contributed by atoms with van der Waals surface area (Å²) in [5.74, 6) is 2.04. The molecule has 1 aromatic heterocycles. The fraction of sp³-hybridized carbons (Fsp3) is 0.529. The molecule has 3 rings (SSSR count). The Morgan fingerprint density at radius 1 is 1.29 bits per heavy atom. The molecule has 0 aliphatic carbocycles. The van der Waals surface area contributed by atoms with E-state index in [1.807, 2.05) is 24.3 Å². The minimum absolute atomic E-state index is 0.224. The van der Waals surface area contributed by atoms with Crippen LogP contribution in [-0.4, -0.2) is 73.5 Å². The van der Waals surface area contributed by atoms with Gasteiger partial charge in [-0.1, -0.05) is 5.16 Å². The molecule has 0 N–H and O–H groups in total. The Hall–Kier alpha value is -1.96. The van der Waals surface area contributed by atoms with Crippen molar-refractivity contribution in [2.45, 2.75) is 12.6 Å². The van der Waals surface area contributed by atoms with Crippen LogP contribution in [0.25, 0.3) is 11.5 Å². The summed E-state index contributed by atoms with van der Waals surface area (Å²) in [6, 6.07) is 7.59. The molecule has 0 saturated carbocycles. The third-order valence-corrected chi connectivity index (χ3v) is 3.96. The topological polar surface area (TPSA) is 63.9 Å². The second-order valence-electron chi connectivity index (χ2n) is 6.23. The largest absolute Gasteiger partial charge is 0.497 e. The lowest BCUT2D eigenvalue weighted by Crippen LogP contribution is -2.46. The maximum atomic E-state index is 5.79. The van der Waals surface area contributed by atoms with Crippen molar-refractivity contribution in [3.05, 3.63) is 30.1 Å². The molecular formula is C17H24N4O3.